The van der Waals surface area contributed by atoms with Crippen LogP contribution in [-0.2, 0) is 6.16 Å². The molecular formula is C14H17P. The van der Waals surface area contributed by atoms with E-state index in [0.717, 1.165) is 20.9 Å². The largest absolute Gasteiger partial charge is 0.113 e. The Morgan fingerprint density at radius 1 is 1.20 bits per heavy atom. The molecule has 78 valence electrons. The second-order valence-electron chi connectivity index (χ2n) is 3.27. The third-order valence-electron chi connectivity index (χ3n) is 2.10. The predicted octanol–water partition coefficient (Wildman–Crippen LogP) is 4.16. The van der Waals surface area contributed by atoms with Crippen LogP contribution in [0.5, 0.6) is 0 Å². The van der Waals surface area contributed by atoms with Crippen LogP contribution in [0.2, 0.25) is 0 Å². The zero-order chi connectivity index (χ0) is 10.9. The van der Waals surface area contributed by atoms with Gasteiger partial charge in [0.05, 0.1) is 0 Å². The highest BCUT2D eigenvalue weighted by Gasteiger charge is 1.93. The van der Waals surface area contributed by atoms with Crippen LogP contribution in [0.4, 0.5) is 0 Å². The normalized spacial score (nSPS) is 11.9. The maximum atomic E-state index is 3.79. The molecular weight excluding hydrogens is 199 g/mol. The molecule has 0 saturated carbocycles. The predicted molar refractivity (Wildman–Crippen MR) is 71.8 cm³/mol. The van der Waals surface area contributed by atoms with E-state index in [1.807, 2.05) is 18.2 Å². The van der Waals surface area contributed by atoms with Crippen molar-refractivity contribution in [2.45, 2.75) is 6.16 Å². The molecule has 0 aliphatic carbocycles. The van der Waals surface area contributed by atoms with Crippen LogP contribution < -0.4 is 0 Å². The van der Waals surface area contributed by atoms with Crippen LogP contribution >= 0.6 is 8.58 Å². The van der Waals surface area contributed by atoms with E-state index < -0.39 is 0 Å². The van der Waals surface area contributed by atoms with Gasteiger partial charge in [-0.2, -0.15) is 0 Å². The van der Waals surface area contributed by atoms with E-state index in [9.17, 15) is 0 Å². The zero-order valence-corrected chi connectivity index (χ0v) is 9.95. The van der Waals surface area contributed by atoms with Crippen molar-refractivity contribution in [1.29, 1.82) is 0 Å². The molecule has 0 aliphatic rings. The fraction of sp³-hybridized carbons (Fsp3) is 0.143. The van der Waals surface area contributed by atoms with Gasteiger partial charge in [0.15, 0.2) is 0 Å². The van der Waals surface area contributed by atoms with Crippen molar-refractivity contribution in [2.24, 2.45) is 0 Å². The highest BCUT2D eigenvalue weighted by Crippen LogP contribution is 2.21. The summed E-state index contributed by atoms with van der Waals surface area (Å²) in [6.07, 6.45) is 8.03. The lowest BCUT2D eigenvalue weighted by molar-refractivity contribution is 1.39. The molecule has 0 aliphatic heterocycles. The highest BCUT2D eigenvalue weighted by atomic mass is 31.1. The Bertz CT molecular complexity index is 336. The minimum Gasteiger partial charge on any atom is -0.113 e. The summed E-state index contributed by atoms with van der Waals surface area (Å²) in [5.41, 5.74) is 2.69. The first-order valence-corrected chi connectivity index (χ1v) is 6.47. The lowest BCUT2D eigenvalue weighted by Gasteiger charge is -2.02. The summed E-state index contributed by atoms with van der Waals surface area (Å²) in [6.45, 7) is 7.49. The summed E-state index contributed by atoms with van der Waals surface area (Å²) in [5.74, 6) is 0. The van der Waals surface area contributed by atoms with Crippen molar-refractivity contribution in [1.82, 2.24) is 0 Å². The molecule has 0 amide bonds. The molecule has 0 radical (unpaired) electrons. The monoisotopic (exact) mass is 216 g/mol. The summed E-state index contributed by atoms with van der Waals surface area (Å²) in [6, 6.07) is 10.6. The topological polar surface area (TPSA) is 0 Å². The van der Waals surface area contributed by atoms with Crippen molar-refractivity contribution in [3.63, 3.8) is 0 Å². The van der Waals surface area contributed by atoms with Gasteiger partial charge in [0.1, 0.15) is 0 Å². The highest BCUT2D eigenvalue weighted by molar-refractivity contribution is 7.37. The zero-order valence-electron chi connectivity index (χ0n) is 8.95. The third-order valence-corrected chi connectivity index (χ3v) is 3.41. The molecule has 0 aromatic heterocycles. The van der Waals surface area contributed by atoms with E-state index in [1.54, 1.807) is 0 Å². The van der Waals surface area contributed by atoms with Crippen LogP contribution in [0.1, 0.15) is 5.56 Å². The smallest absolute Gasteiger partial charge is 0.00976 e. The number of allylic oxidation sites excluding steroid dienone is 4. The number of benzene rings is 1. The van der Waals surface area contributed by atoms with E-state index >= 15 is 0 Å². The summed E-state index contributed by atoms with van der Waals surface area (Å²) >= 11 is 0. The van der Waals surface area contributed by atoms with E-state index in [4.69, 9.17) is 0 Å². The Kier molecular flexibility index (Phi) is 5.73. The molecule has 0 spiro atoms. The van der Waals surface area contributed by atoms with E-state index in [1.165, 1.54) is 11.1 Å². The minimum atomic E-state index is 0.919. The van der Waals surface area contributed by atoms with Crippen molar-refractivity contribution < 1.29 is 0 Å². The van der Waals surface area contributed by atoms with Gasteiger partial charge < -0.3 is 0 Å². The van der Waals surface area contributed by atoms with Gasteiger partial charge in [0, 0.05) is 0 Å². The molecule has 1 heteroatoms. The molecule has 1 unspecified atom stereocenters. The Morgan fingerprint density at radius 3 is 2.53 bits per heavy atom. The summed E-state index contributed by atoms with van der Waals surface area (Å²) in [4.78, 5) is 0. The Hall–Kier alpha value is -1.13. The molecule has 0 N–H and O–H groups in total. The van der Waals surface area contributed by atoms with Gasteiger partial charge in [-0.1, -0.05) is 61.7 Å². The SMILES string of the molecule is C=C/C=C(\C=C)CPCc1ccccc1. The van der Waals surface area contributed by atoms with Gasteiger partial charge in [-0.25, -0.2) is 0 Å². The number of hydrogen-bond donors (Lipinski definition) is 0. The maximum absolute atomic E-state index is 3.79. The second kappa shape index (κ2) is 7.20. The Balaban J connectivity index is 2.36. The minimum absolute atomic E-state index is 0.919. The maximum Gasteiger partial charge on any atom is -0.00976 e. The molecule has 1 aromatic carbocycles. The molecule has 0 saturated heterocycles. The fourth-order valence-electron chi connectivity index (χ4n) is 1.30. The van der Waals surface area contributed by atoms with Gasteiger partial charge in [0.25, 0.3) is 0 Å². The first kappa shape index (κ1) is 11.9. The Morgan fingerprint density at radius 2 is 1.93 bits per heavy atom. The van der Waals surface area contributed by atoms with Crippen molar-refractivity contribution in [2.75, 3.05) is 6.16 Å². The first-order chi connectivity index (χ1) is 7.36. The molecule has 0 bridgehead atoms. The van der Waals surface area contributed by atoms with Gasteiger partial charge in [-0.3, -0.25) is 0 Å². The molecule has 15 heavy (non-hydrogen) atoms. The quantitative estimate of drug-likeness (QED) is 0.494. The van der Waals surface area contributed by atoms with Crippen LogP contribution in [0.25, 0.3) is 0 Å². The van der Waals surface area contributed by atoms with Gasteiger partial charge in [-0.05, 0) is 23.5 Å². The van der Waals surface area contributed by atoms with Crippen molar-refractivity contribution in [3.05, 3.63) is 72.9 Å². The fourth-order valence-corrected chi connectivity index (χ4v) is 2.50. The summed E-state index contributed by atoms with van der Waals surface area (Å²) in [5, 5.41) is 0. The summed E-state index contributed by atoms with van der Waals surface area (Å²) in [7, 11) is 0.919. The molecule has 0 heterocycles. The standard InChI is InChI=1S/C14H17P/c1-3-8-13(4-2)11-15-12-14-9-6-5-7-10-14/h3-10,15H,1-2,11-12H2/b13-8+. The average Bonchev–Trinajstić information content (AvgIpc) is 2.29. The molecule has 0 fully saturated rings. The Labute approximate surface area is 94.2 Å². The average molecular weight is 216 g/mol. The van der Waals surface area contributed by atoms with E-state index in [0.29, 0.717) is 0 Å². The lowest BCUT2D eigenvalue weighted by atomic mass is 10.2. The van der Waals surface area contributed by atoms with E-state index in [-0.39, 0.29) is 0 Å². The van der Waals surface area contributed by atoms with Gasteiger partial charge in [0.2, 0.25) is 0 Å². The molecule has 1 rings (SSSR count). The number of rotatable bonds is 6. The summed E-state index contributed by atoms with van der Waals surface area (Å²) < 4.78 is 0. The van der Waals surface area contributed by atoms with Crippen LogP contribution in [0.15, 0.2) is 67.3 Å². The third kappa shape index (κ3) is 4.76. The van der Waals surface area contributed by atoms with Gasteiger partial charge >= 0.3 is 0 Å². The van der Waals surface area contributed by atoms with Crippen LogP contribution in [0.3, 0.4) is 0 Å². The van der Waals surface area contributed by atoms with Crippen molar-refractivity contribution in [3.8, 4) is 0 Å². The van der Waals surface area contributed by atoms with E-state index in [2.05, 4.69) is 43.5 Å². The lowest BCUT2D eigenvalue weighted by Crippen LogP contribution is -1.83. The van der Waals surface area contributed by atoms with Gasteiger partial charge in [-0.15, -0.1) is 8.58 Å². The van der Waals surface area contributed by atoms with Crippen molar-refractivity contribution >= 4 is 8.58 Å². The molecule has 1 aromatic rings. The number of hydrogen-bond acceptors (Lipinski definition) is 0. The molecule has 0 nitrogen and oxygen atoms in total. The van der Waals surface area contributed by atoms with Crippen LogP contribution in [0, 0.1) is 0 Å². The first-order valence-electron chi connectivity index (χ1n) is 5.05. The van der Waals surface area contributed by atoms with Crippen LogP contribution in [-0.4, -0.2) is 6.16 Å². The molecule has 1 atom stereocenters. The second-order valence-corrected chi connectivity index (χ2v) is 4.48.